The van der Waals surface area contributed by atoms with E-state index in [1.54, 1.807) is 0 Å². The molecule has 2 N–H and O–H groups in total. The van der Waals surface area contributed by atoms with Crippen molar-refractivity contribution < 1.29 is 18.7 Å². The molecule has 0 aliphatic heterocycles. The second-order valence-corrected chi connectivity index (χ2v) is 2.84. The number of carboxylic acid groups (broad SMARTS) is 1. The predicted molar refractivity (Wildman–Crippen MR) is 45.2 cm³/mol. The first kappa shape index (κ1) is 8.68. The van der Waals surface area contributed by atoms with Gasteiger partial charge in [-0.05, 0) is 12.1 Å². The van der Waals surface area contributed by atoms with Crippen molar-refractivity contribution in [3.8, 4) is 0 Å². The number of hydrogen-bond donors (Lipinski definition) is 2. The molecule has 1 aromatic carbocycles. The standard InChI is InChI=1S/C9H5F2NO2/c10-4-1-6(11)5-3-8(9(13)14)12-7(5)2-4/h1-3,12H,(H,13,14). The van der Waals surface area contributed by atoms with Crippen molar-refractivity contribution in [3.05, 3.63) is 35.5 Å². The number of aromatic amines is 1. The van der Waals surface area contributed by atoms with Crippen LogP contribution in [-0.4, -0.2) is 16.1 Å². The number of aromatic nitrogens is 1. The van der Waals surface area contributed by atoms with Gasteiger partial charge in [0.1, 0.15) is 17.3 Å². The van der Waals surface area contributed by atoms with Gasteiger partial charge in [0, 0.05) is 11.5 Å². The van der Waals surface area contributed by atoms with Gasteiger partial charge in [-0.25, -0.2) is 13.6 Å². The van der Waals surface area contributed by atoms with Crippen LogP contribution in [0.4, 0.5) is 8.78 Å². The maximum Gasteiger partial charge on any atom is 0.352 e. The van der Waals surface area contributed by atoms with Crippen molar-refractivity contribution in [2.45, 2.75) is 0 Å². The van der Waals surface area contributed by atoms with Crippen molar-refractivity contribution in [2.24, 2.45) is 0 Å². The van der Waals surface area contributed by atoms with Gasteiger partial charge < -0.3 is 10.1 Å². The third kappa shape index (κ3) is 1.22. The van der Waals surface area contributed by atoms with E-state index in [0.29, 0.717) is 6.07 Å². The van der Waals surface area contributed by atoms with Gasteiger partial charge in [-0.1, -0.05) is 0 Å². The quantitative estimate of drug-likeness (QED) is 0.735. The lowest BCUT2D eigenvalue weighted by Crippen LogP contribution is -1.94. The molecule has 0 bridgehead atoms. The molecule has 1 heterocycles. The molecule has 0 saturated heterocycles. The molecule has 0 spiro atoms. The van der Waals surface area contributed by atoms with Gasteiger partial charge in [0.2, 0.25) is 0 Å². The molecule has 3 nitrogen and oxygen atoms in total. The molecule has 0 radical (unpaired) electrons. The summed E-state index contributed by atoms with van der Waals surface area (Å²) in [5.41, 5.74) is -0.0237. The van der Waals surface area contributed by atoms with E-state index in [-0.39, 0.29) is 16.6 Å². The van der Waals surface area contributed by atoms with E-state index >= 15 is 0 Å². The molecule has 2 aromatic rings. The fraction of sp³-hybridized carbons (Fsp3) is 0. The number of rotatable bonds is 1. The number of nitrogens with one attached hydrogen (secondary N) is 1. The van der Waals surface area contributed by atoms with E-state index in [9.17, 15) is 13.6 Å². The Balaban J connectivity index is 2.76. The number of aromatic carboxylic acids is 1. The van der Waals surface area contributed by atoms with Crippen LogP contribution in [0, 0.1) is 11.6 Å². The highest BCUT2D eigenvalue weighted by Gasteiger charge is 2.11. The van der Waals surface area contributed by atoms with Crippen LogP contribution in [0.3, 0.4) is 0 Å². The summed E-state index contributed by atoms with van der Waals surface area (Å²) in [5, 5.41) is 8.67. The largest absolute Gasteiger partial charge is 0.477 e. The average Bonchev–Trinajstić information content (AvgIpc) is 2.47. The summed E-state index contributed by atoms with van der Waals surface area (Å²) in [5.74, 6) is -2.72. The lowest BCUT2D eigenvalue weighted by Gasteiger charge is -1.91. The molecular weight excluding hydrogens is 192 g/mol. The van der Waals surface area contributed by atoms with E-state index < -0.39 is 17.6 Å². The van der Waals surface area contributed by atoms with Gasteiger partial charge in [0.25, 0.3) is 0 Å². The van der Waals surface area contributed by atoms with E-state index in [0.717, 1.165) is 12.1 Å². The highest BCUT2D eigenvalue weighted by molar-refractivity contribution is 5.93. The first-order valence-electron chi connectivity index (χ1n) is 3.79. The van der Waals surface area contributed by atoms with Crippen LogP contribution >= 0.6 is 0 Å². The molecule has 14 heavy (non-hydrogen) atoms. The van der Waals surface area contributed by atoms with Crippen LogP contribution in [0.2, 0.25) is 0 Å². The Hall–Kier alpha value is -1.91. The minimum Gasteiger partial charge on any atom is -0.477 e. The molecule has 5 heteroatoms. The molecule has 0 saturated carbocycles. The van der Waals surface area contributed by atoms with Crippen LogP contribution in [0.15, 0.2) is 18.2 Å². The van der Waals surface area contributed by atoms with Crippen molar-refractivity contribution in [2.75, 3.05) is 0 Å². The Morgan fingerprint density at radius 3 is 2.64 bits per heavy atom. The monoisotopic (exact) mass is 197 g/mol. The molecular formula is C9H5F2NO2. The Labute approximate surface area is 77.0 Å². The number of hydrogen-bond acceptors (Lipinski definition) is 1. The molecule has 0 unspecified atom stereocenters. The third-order valence-electron chi connectivity index (χ3n) is 1.88. The van der Waals surface area contributed by atoms with Crippen molar-refractivity contribution >= 4 is 16.9 Å². The minimum atomic E-state index is -1.21. The number of fused-ring (bicyclic) bond motifs is 1. The summed E-state index contributed by atoms with van der Waals surface area (Å²) < 4.78 is 25.8. The van der Waals surface area contributed by atoms with E-state index in [2.05, 4.69) is 4.98 Å². The summed E-state index contributed by atoms with van der Waals surface area (Å²) in [6, 6.07) is 2.89. The van der Waals surface area contributed by atoms with Crippen molar-refractivity contribution in [1.82, 2.24) is 4.98 Å². The summed E-state index contributed by atoms with van der Waals surface area (Å²) in [7, 11) is 0. The number of benzene rings is 1. The highest BCUT2D eigenvalue weighted by Crippen LogP contribution is 2.20. The SMILES string of the molecule is O=C(O)c1cc2c(F)cc(F)cc2[nH]1. The van der Waals surface area contributed by atoms with Crippen LogP contribution in [0.1, 0.15) is 10.5 Å². The maximum absolute atomic E-state index is 13.1. The molecule has 0 aliphatic rings. The predicted octanol–water partition coefficient (Wildman–Crippen LogP) is 2.14. The van der Waals surface area contributed by atoms with E-state index in [4.69, 9.17) is 5.11 Å². The third-order valence-corrected chi connectivity index (χ3v) is 1.88. The zero-order valence-electron chi connectivity index (χ0n) is 6.84. The van der Waals surface area contributed by atoms with Gasteiger partial charge >= 0.3 is 5.97 Å². The lowest BCUT2D eigenvalue weighted by molar-refractivity contribution is 0.0691. The van der Waals surface area contributed by atoms with Crippen LogP contribution in [0.5, 0.6) is 0 Å². The number of carboxylic acids is 1. The Bertz CT molecular complexity index is 519. The highest BCUT2D eigenvalue weighted by atomic mass is 19.1. The summed E-state index contributed by atoms with van der Waals surface area (Å²) in [6.07, 6.45) is 0. The number of carbonyl (C=O) groups is 1. The van der Waals surface area contributed by atoms with Gasteiger partial charge in [-0.2, -0.15) is 0 Å². The average molecular weight is 197 g/mol. The van der Waals surface area contributed by atoms with Crippen LogP contribution in [0.25, 0.3) is 10.9 Å². The molecule has 0 aliphatic carbocycles. The van der Waals surface area contributed by atoms with Crippen molar-refractivity contribution in [1.29, 1.82) is 0 Å². The van der Waals surface area contributed by atoms with Crippen LogP contribution in [-0.2, 0) is 0 Å². The fourth-order valence-electron chi connectivity index (χ4n) is 1.28. The molecule has 1 aromatic heterocycles. The fourth-order valence-corrected chi connectivity index (χ4v) is 1.28. The van der Waals surface area contributed by atoms with Gasteiger partial charge in [-0.15, -0.1) is 0 Å². The maximum atomic E-state index is 13.1. The Morgan fingerprint density at radius 2 is 2.00 bits per heavy atom. The molecule has 0 atom stereocenters. The molecule has 0 amide bonds. The smallest absolute Gasteiger partial charge is 0.352 e. The lowest BCUT2D eigenvalue weighted by atomic mass is 10.2. The van der Waals surface area contributed by atoms with E-state index in [1.807, 2.05) is 0 Å². The van der Waals surface area contributed by atoms with Crippen molar-refractivity contribution in [3.63, 3.8) is 0 Å². The zero-order valence-corrected chi connectivity index (χ0v) is 6.84. The molecule has 0 fully saturated rings. The Morgan fingerprint density at radius 1 is 1.29 bits per heavy atom. The van der Waals surface area contributed by atoms with Gasteiger partial charge in [0.05, 0.1) is 5.52 Å². The molecule has 72 valence electrons. The van der Waals surface area contributed by atoms with Gasteiger partial charge in [0.15, 0.2) is 0 Å². The normalized spacial score (nSPS) is 10.7. The van der Waals surface area contributed by atoms with Crippen LogP contribution < -0.4 is 0 Å². The van der Waals surface area contributed by atoms with Gasteiger partial charge in [-0.3, -0.25) is 0 Å². The second-order valence-electron chi connectivity index (χ2n) is 2.84. The summed E-state index contributed by atoms with van der Waals surface area (Å²) in [4.78, 5) is 12.9. The topological polar surface area (TPSA) is 53.1 Å². The molecule has 2 rings (SSSR count). The first-order chi connectivity index (χ1) is 6.58. The summed E-state index contributed by atoms with van der Waals surface area (Å²) in [6.45, 7) is 0. The zero-order chi connectivity index (χ0) is 10.3. The minimum absolute atomic E-state index is 0.0730. The Kier molecular flexibility index (Phi) is 1.73. The second kappa shape index (κ2) is 2.80. The van der Waals surface area contributed by atoms with E-state index in [1.165, 1.54) is 0 Å². The number of H-pyrrole nitrogens is 1. The first-order valence-corrected chi connectivity index (χ1v) is 3.79. The number of halogens is 2. The summed E-state index contributed by atoms with van der Waals surface area (Å²) >= 11 is 0.